The second-order valence-corrected chi connectivity index (χ2v) is 19.6. The van der Waals surface area contributed by atoms with Crippen LogP contribution in [0.15, 0.2) is 0 Å². The number of hydrogen-bond donors (Lipinski definition) is 1. The van der Waals surface area contributed by atoms with Crippen LogP contribution >= 0.6 is 0 Å². The van der Waals surface area contributed by atoms with E-state index in [9.17, 15) is 9.90 Å². The Morgan fingerprint density at radius 3 is 2.23 bits per heavy atom. The third-order valence-electron chi connectivity index (χ3n) is 12.3. The van der Waals surface area contributed by atoms with Gasteiger partial charge in [-0.25, -0.2) is 8.78 Å². The summed E-state index contributed by atoms with van der Waals surface area (Å²) in [6.45, 7) is 17.8. The molecule has 0 aliphatic heterocycles. The summed E-state index contributed by atoms with van der Waals surface area (Å²) in [6.07, 6.45) is 6.12. The van der Waals surface area contributed by atoms with Gasteiger partial charge in [-0.05, 0) is 102 Å². The first kappa shape index (κ1) is 32.4. The molecular weight excluding hydrogens is 526 g/mol. The Balaban J connectivity index is 1.52. The van der Waals surface area contributed by atoms with Crippen LogP contribution in [-0.4, -0.2) is 45.4 Å². The smallest absolute Gasteiger partial charge is 0.305 e. The summed E-state index contributed by atoms with van der Waals surface area (Å²) in [4.78, 5) is 11.6. The van der Waals surface area contributed by atoms with Crippen LogP contribution in [0.4, 0.5) is 8.78 Å². The van der Waals surface area contributed by atoms with E-state index in [0.29, 0.717) is 23.8 Å². The van der Waals surface area contributed by atoms with Gasteiger partial charge in [-0.1, -0.05) is 55.4 Å². The number of methoxy groups -OCH3 is 1. The molecule has 4 aliphatic carbocycles. The standard InChI is InChI=1S/C33H57F2O4Si/c1-20(2)40(30(4,5)6)39-26-16-18-32(8)24-15-17-31(7)22(21(3)11-10-12-27(36)38-9)13-14-23(31)28(24)33(34,35)19-25(32)29(26)37/h20-26,28-29,37H,10-19H2,1-9H3/t21-,22-,23+,24+,25+,26+,28+,29-,31-,32-/m1/s1. The van der Waals surface area contributed by atoms with Crippen LogP contribution in [0.5, 0.6) is 0 Å². The number of aliphatic hydroxyl groups is 1. The van der Waals surface area contributed by atoms with E-state index in [1.165, 1.54) is 7.11 Å². The highest BCUT2D eigenvalue weighted by Crippen LogP contribution is 2.71. The van der Waals surface area contributed by atoms with Crippen LogP contribution in [-0.2, 0) is 14.0 Å². The molecule has 1 N–H and O–H groups in total. The van der Waals surface area contributed by atoms with Gasteiger partial charge in [0.15, 0.2) is 0 Å². The zero-order valence-electron chi connectivity index (χ0n) is 26.7. The Hall–Kier alpha value is -0.533. The van der Waals surface area contributed by atoms with Gasteiger partial charge in [-0.2, -0.15) is 0 Å². The van der Waals surface area contributed by atoms with Crippen molar-refractivity contribution in [3.05, 3.63) is 0 Å². The quantitative estimate of drug-likeness (QED) is 0.230. The normalized spacial score (nSPS) is 41.8. The van der Waals surface area contributed by atoms with Gasteiger partial charge in [0.1, 0.15) is 0 Å². The van der Waals surface area contributed by atoms with Gasteiger partial charge in [-0.3, -0.25) is 4.79 Å². The van der Waals surface area contributed by atoms with Crippen molar-refractivity contribution in [2.45, 2.75) is 148 Å². The molecule has 0 saturated heterocycles. The maximum atomic E-state index is 16.4. The molecule has 40 heavy (non-hydrogen) atoms. The van der Waals surface area contributed by atoms with Crippen molar-refractivity contribution in [3.63, 3.8) is 0 Å². The second kappa shape index (κ2) is 11.5. The van der Waals surface area contributed by atoms with E-state index in [-0.39, 0.29) is 46.2 Å². The zero-order chi connectivity index (χ0) is 29.8. The van der Waals surface area contributed by atoms with Gasteiger partial charge in [0.2, 0.25) is 9.04 Å². The van der Waals surface area contributed by atoms with Crippen molar-refractivity contribution in [2.75, 3.05) is 7.11 Å². The van der Waals surface area contributed by atoms with Crippen LogP contribution in [0.1, 0.15) is 120 Å². The number of halogens is 2. The fourth-order valence-electron chi connectivity index (χ4n) is 10.5. The zero-order valence-corrected chi connectivity index (χ0v) is 27.7. The molecule has 7 heteroatoms. The first-order valence-corrected chi connectivity index (χ1v) is 17.6. The maximum absolute atomic E-state index is 16.4. The van der Waals surface area contributed by atoms with Crippen molar-refractivity contribution in [2.24, 2.45) is 46.3 Å². The number of aliphatic hydroxyl groups excluding tert-OH is 1. The molecular formula is C33H57F2O4Si. The molecule has 0 aromatic heterocycles. The van der Waals surface area contributed by atoms with Crippen LogP contribution in [0.3, 0.4) is 0 Å². The Morgan fingerprint density at radius 2 is 1.62 bits per heavy atom. The minimum Gasteiger partial charge on any atom is -0.469 e. The average molecular weight is 584 g/mol. The van der Waals surface area contributed by atoms with Crippen molar-refractivity contribution < 1.29 is 27.8 Å². The summed E-state index contributed by atoms with van der Waals surface area (Å²) in [5, 5.41) is 11.7. The SMILES string of the molecule is COC(=O)CCC[C@@H](C)[C@H]1CC[C@H]2[C@H]3[C@H](CC[C@]12C)[C@@]1(C)CC[C@H](O[Si](C(C)C)C(C)(C)C)[C@H](O)[C@@H]1CC3(F)F. The van der Waals surface area contributed by atoms with E-state index in [2.05, 4.69) is 55.4 Å². The molecule has 0 aromatic rings. The van der Waals surface area contributed by atoms with Gasteiger partial charge in [0.25, 0.3) is 5.92 Å². The van der Waals surface area contributed by atoms with Crippen molar-refractivity contribution in [1.29, 1.82) is 0 Å². The van der Waals surface area contributed by atoms with Gasteiger partial charge < -0.3 is 14.3 Å². The molecule has 0 bridgehead atoms. The Labute approximate surface area is 244 Å². The monoisotopic (exact) mass is 583 g/mol. The number of rotatable bonds is 8. The Kier molecular flexibility index (Phi) is 9.33. The van der Waals surface area contributed by atoms with E-state index in [4.69, 9.17) is 9.16 Å². The molecule has 231 valence electrons. The topological polar surface area (TPSA) is 55.8 Å². The molecule has 0 aromatic carbocycles. The second-order valence-electron chi connectivity index (χ2n) is 15.9. The van der Waals surface area contributed by atoms with Crippen LogP contribution in [0.2, 0.25) is 10.6 Å². The number of alkyl halides is 2. The van der Waals surface area contributed by atoms with Crippen LogP contribution < -0.4 is 0 Å². The summed E-state index contributed by atoms with van der Waals surface area (Å²) >= 11 is 0. The molecule has 0 spiro atoms. The number of carbonyl (C=O) groups excluding carboxylic acids is 1. The van der Waals surface area contributed by atoms with E-state index >= 15 is 8.78 Å². The number of hydrogen-bond acceptors (Lipinski definition) is 4. The largest absolute Gasteiger partial charge is 0.469 e. The summed E-state index contributed by atoms with van der Waals surface area (Å²) in [5.74, 6) is -3.17. The van der Waals surface area contributed by atoms with E-state index in [1.54, 1.807) is 0 Å². The highest BCUT2D eigenvalue weighted by Gasteiger charge is 2.69. The summed E-state index contributed by atoms with van der Waals surface area (Å²) < 4.78 is 44.4. The van der Waals surface area contributed by atoms with Crippen molar-refractivity contribution >= 4 is 15.0 Å². The molecule has 4 fully saturated rings. The number of esters is 1. The van der Waals surface area contributed by atoms with E-state index in [1.807, 2.05) is 0 Å². The van der Waals surface area contributed by atoms with Gasteiger partial charge in [0, 0.05) is 18.8 Å². The molecule has 0 heterocycles. The van der Waals surface area contributed by atoms with Crippen LogP contribution in [0.25, 0.3) is 0 Å². The predicted molar refractivity (Wildman–Crippen MR) is 157 cm³/mol. The predicted octanol–water partition coefficient (Wildman–Crippen LogP) is 8.43. The van der Waals surface area contributed by atoms with Gasteiger partial charge >= 0.3 is 5.97 Å². The van der Waals surface area contributed by atoms with Gasteiger partial charge in [0.05, 0.1) is 19.3 Å². The van der Waals surface area contributed by atoms with Crippen molar-refractivity contribution in [1.82, 2.24) is 0 Å². The number of fused-ring (bicyclic) bond motifs is 5. The minimum absolute atomic E-state index is 0.0180. The third kappa shape index (κ3) is 5.70. The lowest BCUT2D eigenvalue weighted by Gasteiger charge is -2.64. The number of carbonyl (C=O) groups is 1. The Morgan fingerprint density at radius 1 is 1.00 bits per heavy atom. The molecule has 4 saturated carbocycles. The fourth-order valence-corrected chi connectivity index (χ4v) is 13.4. The molecule has 0 unspecified atom stereocenters. The lowest BCUT2D eigenvalue weighted by molar-refractivity contribution is -0.257. The van der Waals surface area contributed by atoms with Crippen molar-refractivity contribution in [3.8, 4) is 0 Å². The first-order chi connectivity index (χ1) is 18.5. The third-order valence-corrected chi connectivity index (χ3v) is 15.4. The molecule has 4 aliphatic rings. The van der Waals surface area contributed by atoms with E-state index < -0.39 is 32.9 Å². The molecule has 4 rings (SSSR count). The van der Waals surface area contributed by atoms with E-state index in [0.717, 1.165) is 51.4 Å². The molecule has 0 amide bonds. The average Bonchev–Trinajstić information content (AvgIpc) is 3.20. The van der Waals surface area contributed by atoms with Crippen LogP contribution in [0, 0.1) is 46.3 Å². The maximum Gasteiger partial charge on any atom is 0.305 e. The highest BCUT2D eigenvalue weighted by molar-refractivity contribution is 6.56. The summed E-state index contributed by atoms with van der Waals surface area (Å²) in [7, 11) is 0.190. The minimum atomic E-state index is -2.77. The first-order valence-electron chi connectivity index (χ1n) is 16.1. The lowest BCUT2D eigenvalue weighted by atomic mass is 9.43. The fraction of sp³-hybridized carbons (Fsp3) is 0.970. The number of ether oxygens (including phenoxy) is 1. The molecule has 10 atom stereocenters. The molecule has 4 nitrogen and oxygen atoms in total. The van der Waals surface area contributed by atoms with Gasteiger partial charge in [-0.15, -0.1) is 0 Å². The summed E-state index contributed by atoms with van der Waals surface area (Å²) in [6, 6.07) is 0. The lowest BCUT2D eigenvalue weighted by Crippen LogP contribution is -2.64. The molecule has 1 radical (unpaired) electrons. The Bertz CT molecular complexity index is 905. The highest BCUT2D eigenvalue weighted by atomic mass is 28.3. The summed E-state index contributed by atoms with van der Waals surface area (Å²) in [5.41, 5.74) is 0.0272.